The lowest BCUT2D eigenvalue weighted by atomic mass is 10.0. The van der Waals surface area contributed by atoms with Crippen LogP contribution in [0.5, 0.6) is 5.75 Å². The number of ether oxygens (including phenoxy) is 1. The molecule has 1 aromatic heterocycles. The van der Waals surface area contributed by atoms with E-state index in [0.717, 1.165) is 30.7 Å². The second kappa shape index (κ2) is 7.08. The van der Waals surface area contributed by atoms with Gasteiger partial charge in [0.1, 0.15) is 5.75 Å². The molecule has 3 aromatic rings. The van der Waals surface area contributed by atoms with Gasteiger partial charge in [-0.25, -0.2) is 0 Å². The van der Waals surface area contributed by atoms with Crippen LogP contribution in [0.2, 0.25) is 0 Å². The van der Waals surface area contributed by atoms with E-state index in [0.29, 0.717) is 0 Å². The summed E-state index contributed by atoms with van der Waals surface area (Å²) in [5.74, 6) is 1.02. The summed E-state index contributed by atoms with van der Waals surface area (Å²) in [6.07, 6.45) is 5.93. The summed E-state index contributed by atoms with van der Waals surface area (Å²) in [7, 11) is 2.13. The van der Waals surface area contributed by atoms with Crippen LogP contribution in [0.3, 0.4) is 0 Å². The Bertz CT molecular complexity index is 847. The minimum absolute atomic E-state index is 0.122. The molecule has 25 heavy (non-hydrogen) atoms. The number of aromatic nitrogens is 1. The van der Waals surface area contributed by atoms with Crippen LogP contribution in [0.1, 0.15) is 17.5 Å². The van der Waals surface area contributed by atoms with Crippen molar-refractivity contribution in [3.63, 3.8) is 0 Å². The average Bonchev–Trinajstić information content (AvgIpc) is 2.68. The molecule has 2 aromatic carbocycles. The molecule has 3 nitrogen and oxygen atoms in total. The van der Waals surface area contributed by atoms with Crippen LogP contribution in [0, 0.1) is 0 Å². The Morgan fingerprint density at radius 2 is 1.92 bits per heavy atom. The number of nitrogens with zero attached hydrogens (tertiary/aromatic N) is 2. The SMILES string of the molecule is CN(Cc1cccc(-c2cccnc2)c1)C1CCc2ccccc2O1. The van der Waals surface area contributed by atoms with Gasteiger partial charge in [0.2, 0.25) is 0 Å². The van der Waals surface area contributed by atoms with Crippen LogP contribution in [-0.2, 0) is 13.0 Å². The normalized spacial score (nSPS) is 16.3. The van der Waals surface area contributed by atoms with Crippen molar-refractivity contribution < 1.29 is 4.74 Å². The van der Waals surface area contributed by atoms with Crippen molar-refractivity contribution >= 4 is 0 Å². The predicted octanol–water partition coefficient (Wildman–Crippen LogP) is 4.53. The molecule has 2 heterocycles. The van der Waals surface area contributed by atoms with Gasteiger partial charge in [-0.2, -0.15) is 0 Å². The molecule has 0 saturated carbocycles. The highest BCUT2D eigenvalue weighted by atomic mass is 16.5. The lowest BCUT2D eigenvalue weighted by Crippen LogP contribution is -2.38. The van der Waals surface area contributed by atoms with Crippen LogP contribution in [0.4, 0.5) is 0 Å². The lowest BCUT2D eigenvalue weighted by molar-refractivity contribution is 0.0226. The first kappa shape index (κ1) is 15.9. The zero-order chi connectivity index (χ0) is 17.1. The highest BCUT2D eigenvalue weighted by molar-refractivity contribution is 5.62. The fourth-order valence-electron chi connectivity index (χ4n) is 3.39. The summed E-state index contributed by atoms with van der Waals surface area (Å²) in [6, 6.07) is 21.1. The molecule has 1 aliphatic rings. The van der Waals surface area contributed by atoms with Crippen LogP contribution in [0.15, 0.2) is 73.1 Å². The van der Waals surface area contributed by atoms with E-state index >= 15 is 0 Å². The Hall–Kier alpha value is -2.65. The number of aryl methyl sites for hydroxylation is 1. The molecular formula is C22H22N2O. The van der Waals surface area contributed by atoms with Crippen LogP contribution in [-0.4, -0.2) is 23.2 Å². The van der Waals surface area contributed by atoms with Gasteiger partial charge in [0.15, 0.2) is 6.23 Å². The van der Waals surface area contributed by atoms with Crippen LogP contribution >= 0.6 is 0 Å². The van der Waals surface area contributed by atoms with Gasteiger partial charge < -0.3 is 4.74 Å². The number of fused-ring (bicyclic) bond motifs is 1. The Balaban J connectivity index is 1.47. The minimum Gasteiger partial charge on any atom is -0.475 e. The van der Waals surface area contributed by atoms with E-state index in [1.54, 1.807) is 6.20 Å². The highest BCUT2D eigenvalue weighted by Crippen LogP contribution is 2.29. The van der Waals surface area contributed by atoms with Gasteiger partial charge in [0, 0.05) is 25.4 Å². The van der Waals surface area contributed by atoms with Gasteiger partial charge in [-0.3, -0.25) is 9.88 Å². The smallest absolute Gasteiger partial charge is 0.153 e. The summed E-state index contributed by atoms with van der Waals surface area (Å²) >= 11 is 0. The maximum Gasteiger partial charge on any atom is 0.153 e. The van der Waals surface area contributed by atoms with Crippen molar-refractivity contribution in [1.82, 2.24) is 9.88 Å². The molecule has 0 radical (unpaired) electrons. The van der Waals surface area contributed by atoms with E-state index in [2.05, 4.69) is 65.5 Å². The number of pyridine rings is 1. The third-order valence-corrected chi connectivity index (χ3v) is 4.74. The number of hydrogen-bond donors (Lipinski definition) is 0. The van der Waals surface area contributed by atoms with Crippen LogP contribution < -0.4 is 4.74 Å². The zero-order valence-corrected chi connectivity index (χ0v) is 14.4. The van der Waals surface area contributed by atoms with E-state index in [1.807, 2.05) is 18.3 Å². The standard InChI is InChI=1S/C22H22N2O/c1-24(22-12-11-18-7-2-3-10-21(18)25-22)16-17-6-4-8-19(14-17)20-9-5-13-23-15-20/h2-10,13-15,22H,11-12,16H2,1H3. The van der Waals surface area contributed by atoms with Gasteiger partial charge in [-0.1, -0.05) is 42.5 Å². The van der Waals surface area contributed by atoms with Gasteiger partial charge in [0.05, 0.1) is 0 Å². The van der Waals surface area contributed by atoms with Gasteiger partial charge >= 0.3 is 0 Å². The molecule has 1 unspecified atom stereocenters. The summed E-state index contributed by atoms with van der Waals surface area (Å²) < 4.78 is 6.20. The van der Waals surface area contributed by atoms with Crippen molar-refractivity contribution in [3.8, 4) is 16.9 Å². The molecule has 0 aliphatic carbocycles. The van der Waals surface area contributed by atoms with E-state index in [-0.39, 0.29) is 6.23 Å². The topological polar surface area (TPSA) is 25.4 Å². The summed E-state index contributed by atoms with van der Waals surface area (Å²) in [5, 5.41) is 0. The summed E-state index contributed by atoms with van der Waals surface area (Å²) in [5.41, 5.74) is 4.95. The largest absolute Gasteiger partial charge is 0.475 e. The third-order valence-electron chi connectivity index (χ3n) is 4.74. The highest BCUT2D eigenvalue weighted by Gasteiger charge is 2.23. The number of rotatable bonds is 4. The Labute approximate surface area is 148 Å². The fourth-order valence-corrected chi connectivity index (χ4v) is 3.39. The minimum atomic E-state index is 0.122. The van der Waals surface area contributed by atoms with Gasteiger partial charge in [0.25, 0.3) is 0 Å². The quantitative estimate of drug-likeness (QED) is 0.703. The molecule has 4 rings (SSSR count). The molecule has 0 fully saturated rings. The number of hydrogen-bond acceptors (Lipinski definition) is 3. The molecule has 1 atom stereocenters. The van der Waals surface area contributed by atoms with Crippen molar-refractivity contribution in [3.05, 3.63) is 84.2 Å². The maximum absolute atomic E-state index is 6.20. The number of benzene rings is 2. The summed E-state index contributed by atoms with van der Waals surface area (Å²) in [6.45, 7) is 0.862. The molecule has 0 N–H and O–H groups in total. The molecule has 0 amide bonds. The van der Waals surface area contributed by atoms with Crippen LogP contribution in [0.25, 0.3) is 11.1 Å². The third kappa shape index (κ3) is 3.57. The van der Waals surface area contributed by atoms with E-state index in [9.17, 15) is 0 Å². The zero-order valence-electron chi connectivity index (χ0n) is 14.4. The van der Waals surface area contributed by atoms with Crippen molar-refractivity contribution in [2.45, 2.75) is 25.6 Å². The molecule has 0 saturated heterocycles. The molecular weight excluding hydrogens is 308 g/mol. The second-order valence-electron chi connectivity index (χ2n) is 6.58. The number of para-hydroxylation sites is 1. The molecule has 126 valence electrons. The molecule has 3 heteroatoms. The molecule has 0 spiro atoms. The van der Waals surface area contributed by atoms with Crippen molar-refractivity contribution in [2.24, 2.45) is 0 Å². The van der Waals surface area contributed by atoms with Crippen molar-refractivity contribution in [1.29, 1.82) is 0 Å². The maximum atomic E-state index is 6.20. The first-order valence-electron chi connectivity index (χ1n) is 8.74. The van der Waals surface area contributed by atoms with Crippen molar-refractivity contribution in [2.75, 3.05) is 7.05 Å². The Morgan fingerprint density at radius 1 is 1.04 bits per heavy atom. The lowest BCUT2D eigenvalue weighted by Gasteiger charge is -2.33. The fraction of sp³-hybridized carbons (Fsp3) is 0.227. The van der Waals surface area contributed by atoms with E-state index in [4.69, 9.17) is 4.74 Å². The first-order valence-corrected chi connectivity index (χ1v) is 8.74. The second-order valence-corrected chi connectivity index (χ2v) is 6.58. The first-order chi connectivity index (χ1) is 12.3. The van der Waals surface area contributed by atoms with Gasteiger partial charge in [-0.15, -0.1) is 0 Å². The average molecular weight is 330 g/mol. The van der Waals surface area contributed by atoms with Gasteiger partial charge in [-0.05, 0) is 53.9 Å². The molecule has 1 aliphatic heterocycles. The van der Waals surface area contributed by atoms with E-state index in [1.165, 1.54) is 16.7 Å². The summed E-state index contributed by atoms with van der Waals surface area (Å²) in [4.78, 5) is 6.51. The molecule has 0 bridgehead atoms. The predicted molar refractivity (Wildman–Crippen MR) is 100 cm³/mol. The Morgan fingerprint density at radius 3 is 2.80 bits per heavy atom. The monoisotopic (exact) mass is 330 g/mol. The van der Waals surface area contributed by atoms with E-state index < -0.39 is 0 Å². The Kier molecular flexibility index (Phi) is 4.49.